The molecule has 0 aromatic heterocycles. The molecule has 2 unspecified atom stereocenters. The summed E-state index contributed by atoms with van der Waals surface area (Å²) in [5.74, 6) is 0.555. The number of piperazine rings is 1. The number of likely N-dealkylation sites (N-methyl/N-ethyl adjacent to an activating group) is 1. The molecule has 1 aromatic rings. The van der Waals surface area contributed by atoms with E-state index in [-0.39, 0.29) is 0 Å². The maximum atomic E-state index is 5.91. The van der Waals surface area contributed by atoms with Crippen LogP contribution in [0.2, 0.25) is 0 Å². The average molecular weight is 261 g/mol. The lowest BCUT2D eigenvalue weighted by molar-refractivity contribution is 0.197. The van der Waals surface area contributed by atoms with E-state index < -0.39 is 0 Å². The fourth-order valence-electron chi connectivity index (χ4n) is 3.04. The number of hydrogen-bond donors (Lipinski definition) is 1. The zero-order valence-electron chi connectivity index (χ0n) is 12.6. The molecule has 0 amide bonds. The Balaban J connectivity index is 2.30. The van der Waals surface area contributed by atoms with Gasteiger partial charge in [-0.15, -0.1) is 0 Å². The fraction of sp³-hybridized carbons (Fsp3) is 0.625. The van der Waals surface area contributed by atoms with Gasteiger partial charge in [0.15, 0.2) is 0 Å². The summed E-state index contributed by atoms with van der Waals surface area (Å²) in [6.07, 6.45) is 0. The Hall–Kier alpha value is -1.06. The van der Waals surface area contributed by atoms with Crippen LogP contribution < -0.4 is 10.6 Å². The number of para-hydroxylation sites is 1. The molecular formula is C16H27N3. The van der Waals surface area contributed by atoms with E-state index in [2.05, 4.69) is 61.9 Å². The Bertz CT molecular complexity index is 416. The molecule has 1 aliphatic heterocycles. The molecule has 1 fully saturated rings. The summed E-state index contributed by atoms with van der Waals surface area (Å²) in [7, 11) is 2.18. The molecule has 1 saturated heterocycles. The first-order chi connectivity index (χ1) is 9.04. The molecule has 0 bridgehead atoms. The Kier molecular flexibility index (Phi) is 4.48. The highest BCUT2D eigenvalue weighted by Crippen LogP contribution is 2.30. The highest BCUT2D eigenvalue weighted by atomic mass is 15.3. The van der Waals surface area contributed by atoms with Gasteiger partial charge < -0.3 is 10.6 Å². The molecular weight excluding hydrogens is 234 g/mol. The summed E-state index contributed by atoms with van der Waals surface area (Å²) >= 11 is 0. The summed E-state index contributed by atoms with van der Waals surface area (Å²) in [6.45, 7) is 9.66. The van der Waals surface area contributed by atoms with Gasteiger partial charge in [0.1, 0.15) is 0 Å². The lowest BCUT2D eigenvalue weighted by Crippen LogP contribution is -2.58. The third-order valence-electron chi connectivity index (χ3n) is 4.26. The van der Waals surface area contributed by atoms with E-state index in [1.165, 1.54) is 11.3 Å². The van der Waals surface area contributed by atoms with Crippen molar-refractivity contribution in [2.45, 2.75) is 38.8 Å². The van der Waals surface area contributed by atoms with Gasteiger partial charge in [-0.25, -0.2) is 0 Å². The van der Waals surface area contributed by atoms with E-state index in [4.69, 9.17) is 5.73 Å². The second-order valence-electron chi connectivity index (χ2n) is 6.04. The average Bonchev–Trinajstić information content (AvgIpc) is 2.39. The first-order valence-electron chi connectivity index (χ1n) is 7.30. The first kappa shape index (κ1) is 14.4. The Labute approximate surface area is 117 Å². The smallest absolute Gasteiger partial charge is 0.0404 e. The fourth-order valence-corrected chi connectivity index (χ4v) is 3.04. The van der Waals surface area contributed by atoms with Crippen molar-refractivity contribution in [1.82, 2.24) is 4.90 Å². The lowest BCUT2D eigenvalue weighted by Gasteiger charge is -2.45. The first-order valence-corrected chi connectivity index (χ1v) is 7.30. The van der Waals surface area contributed by atoms with E-state index in [1.54, 1.807) is 0 Å². The van der Waals surface area contributed by atoms with E-state index in [0.29, 0.717) is 18.0 Å². The molecule has 2 rings (SSSR count). The number of nitrogens with zero attached hydrogens (tertiary/aromatic N) is 2. The predicted octanol–water partition coefficient (Wildman–Crippen LogP) is 2.28. The van der Waals surface area contributed by atoms with Gasteiger partial charge in [0, 0.05) is 37.4 Å². The largest absolute Gasteiger partial charge is 0.366 e. The molecule has 2 atom stereocenters. The van der Waals surface area contributed by atoms with Crippen molar-refractivity contribution in [3.05, 3.63) is 29.8 Å². The van der Waals surface area contributed by atoms with Crippen LogP contribution in [0.4, 0.5) is 5.69 Å². The van der Waals surface area contributed by atoms with Crippen molar-refractivity contribution < 1.29 is 0 Å². The van der Waals surface area contributed by atoms with Gasteiger partial charge in [-0.1, -0.05) is 32.0 Å². The van der Waals surface area contributed by atoms with Crippen molar-refractivity contribution in [2.24, 2.45) is 5.73 Å². The molecule has 106 valence electrons. The van der Waals surface area contributed by atoms with Crippen molar-refractivity contribution in [3.8, 4) is 0 Å². The molecule has 0 spiro atoms. The second kappa shape index (κ2) is 5.93. The molecule has 0 aliphatic carbocycles. The summed E-state index contributed by atoms with van der Waals surface area (Å²) in [5.41, 5.74) is 8.73. The summed E-state index contributed by atoms with van der Waals surface area (Å²) in [6, 6.07) is 9.78. The Morgan fingerprint density at radius 2 is 1.95 bits per heavy atom. The summed E-state index contributed by atoms with van der Waals surface area (Å²) in [4.78, 5) is 4.92. The molecule has 3 heteroatoms. The van der Waals surface area contributed by atoms with Gasteiger partial charge in [0.25, 0.3) is 0 Å². The molecule has 19 heavy (non-hydrogen) atoms. The maximum absolute atomic E-state index is 5.91. The van der Waals surface area contributed by atoms with E-state index in [9.17, 15) is 0 Å². The highest BCUT2D eigenvalue weighted by Gasteiger charge is 2.29. The molecule has 1 aliphatic rings. The third kappa shape index (κ3) is 2.93. The number of hydrogen-bond acceptors (Lipinski definition) is 3. The minimum absolute atomic E-state index is 0.455. The SMILES string of the molecule is CC(C)c1ccccc1N1CC(CN)N(C)CC1C. The lowest BCUT2D eigenvalue weighted by atomic mass is 9.98. The van der Waals surface area contributed by atoms with Crippen LogP contribution >= 0.6 is 0 Å². The molecule has 0 radical (unpaired) electrons. The maximum Gasteiger partial charge on any atom is 0.0404 e. The monoisotopic (exact) mass is 261 g/mol. The zero-order chi connectivity index (χ0) is 14.0. The number of benzene rings is 1. The number of nitrogens with two attached hydrogens (primary N) is 1. The quantitative estimate of drug-likeness (QED) is 0.906. The van der Waals surface area contributed by atoms with Crippen LogP contribution in [0.1, 0.15) is 32.3 Å². The Morgan fingerprint density at radius 3 is 2.58 bits per heavy atom. The van der Waals surface area contributed by atoms with Crippen molar-refractivity contribution in [3.63, 3.8) is 0 Å². The van der Waals surface area contributed by atoms with Gasteiger partial charge >= 0.3 is 0 Å². The third-order valence-corrected chi connectivity index (χ3v) is 4.26. The van der Waals surface area contributed by atoms with Crippen molar-refractivity contribution in [2.75, 3.05) is 31.6 Å². The molecule has 3 nitrogen and oxygen atoms in total. The summed E-state index contributed by atoms with van der Waals surface area (Å²) in [5, 5.41) is 0. The van der Waals surface area contributed by atoms with E-state index in [1.807, 2.05) is 0 Å². The van der Waals surface area contributed by atoms with Gasteiger partial charge in [-0.2, -0.15) is 0 Å². The van der Waals surface area contributed by atoms with Crippen molar-refractivity contribution in [1.29, 1.82) is 0 Å². The standard InChI is InChI=1S/C16H27N3/c1-12(2)15-7-5-6-8-16(15)19-11-14(9-17)18(4)10-13(19)3/h5-8,12-14H,9-11,17H2,1-4H3. The van der Waals surface area contributed by atoms with Crippen molar-refractivity contribution >= 4 is 5.69 Å². The Morgan fingerprint density at radius 1 is 1.26 bits per heavy atom. The van der Waals surface area contributed by atoms with Crippen LogP contribution in [0.15, 0.2) is 24.3 Å². The number of rotatable bonds is 3. The second-order valence-corrected chi connectivity index (χ2v) is 6.04. The minimum Gasteiger partial charge on any atom is -0.366 e. The van der Waals surface area contributed by atoms with Crippen LogP contribution in [-0.2, 0) is 0 Å². The van der Waals surface area contributed by atoms with Crippen LogP contribution in [0.3, 0.4) is 0 Å². The number of anilines is 1. The van der Waals surface area contributed by atoms with Crippen LogP contribution in [0, 0.1) is 0 Å². The normalized spacial score (nSPS) is 25.1. The van der Waals surface area contributed by atoms with Crippen LogP contribution in [0.25, 0.3) is 0 Å². The topological polar surface area (TPSA) is 32.5 Å². The highest BCUT2D eigenvalue weighted by molar-refractivity contribution is 5.56. The minimum atomic E-state index is 0.455. The van der Waals surface area contributed by atoms with E-state index >= 15 is 0 Å². The van der Waals surface area contributed by atoms with Gasteiger partial charge in [-0.05, 0) is 31.5 Å². The van der Waals surface area contributed by atoms with Gasteiger partial charge in [-0.3, -0.25) is 4.90 Å². The van der Waals surface area contributed by atoms with Gasteiger partial charge in [0.2, 0.25) is 0 Å². The van der Waals surface area contributed by atoms with Gasteiger partial charge in [0.05, 0.1) is 0 Å². The van der Waals surface area contributed by atoms with E-state index in [0.717, 1.165) is 19.6 Å². The van der Waals surface area contributed by atoms with Crippen LogP contribution in [0.5, 0.6) is 0 Å². The molecule has 0 saturated carbocycles. The predicted molar refractivity (Wildman–Crippen MR) is 82.8 cm³/mol. The summed E-state index contributed by atoms with van der Waals surface area (Å²) < 4.78 is 0. The molecule has 2 N–H and O–H groups in total. The molecule has 1 aromatic carbocycles. The molecule has 1 heterocycles. The zero-order valence-corrected chi connectivity index (χ0v) is 12.6. The van der Waals surface area contributed by atoms with Crippen LogP contribution in [-0.4, -0.2) is 43.7 Å².